The normalized spacial score (nSPS) is 16.2. The van der Waals surface area contributed by atoms with Crippen LogP contribution in [0, 0.1) is 11.7 Å². The van der Waals surface area contributed by atoms with Gasteiger partial charge in [0.05, 0.1) is 11.8 Å². The molecule has 1 fully saturated rings. The summed E-state index contributed by atoms with van der Waals surface area (Å²) in [6.45, 7) is 0. The van der Waals surface area contributed by atoms with E-state index in [9.17, 15) is 17.6 Å². The monoisotopic (exact) mass is 389 g/mol. The maximum absolute atomic E-state index is 13.3. The molecular formula is C21H24FNO3S. The summed E-state index contributed by atoms with van der Waals surface area (Å²) in [4.78, 5) is 12.8. The molecule has 3 rings (SSSR count). The molecule has 1 aliphatic carbocycles. The van der Waals surface area contributed by atoms with E-state index in [0.29, 0.717) is 17.0 Å². The topological polar surface area (TPSA) is 63.2 Å². The fourth-order valence-electron chi connectivity index (χ4n) is 3.76. The van der Waals surface area contributed by atoms with E-state index in [1.807, 2.05) is 0 Å². The van der Waals surface area contributed by atoms with Gasteiger partial charge in [0.15, 0.2) is 9.84 Å². The lowest BCUT2D eigenvalue weighted by molar-refractivity contribution is 0.0921. The second kappa shape index (κ2) is 8.21. The van der Waals surface area contributed by atoms with Gasteiger partial charge in [-0.15, -0.1) is 0 Å². The predicted molar refractivity (Wildman–Crippen MR) is 104 cm³/mol. The standard InChI is InChI=1S/C21H24FNO3S/c1-27(25,26)14-15-5-4-8-18(13-15)21(24)23-20(16-6-2-3-7-16)17-9-11-19(22)12-10-17/h4-5,8-13,16,20H,2-3,6-7,14H2,1H3,(H,23,24)/t20-/m0/s1. The van der Waals surface area contributed by atoms with Gasteiger partial charge in [-0.1, -0.05) is 37.1 Å². The highest BCUT2D eigenvalue weighted by Gasteiger charge is 2.28. The molecule has 2 aromatic carbocycles. The first kappa shape index (κ1) is 19.5. The van der Waals surface area contributed by atoms with E-state index in [4.69, 9.17) is 0 Å². The van der Waals surface area contributed by atoms with Crippen molar-refractivity contribution in [3.05, 3.63) is 71.0 Å². The molecule has 1 saturated carbocycles. The Balaban J connectivity index is 1.82. The fraction of sp³-hybridized carbons (Fsp3) is 0.381. The number of hydrogen-bond acceptors (Lipinski definition) is 3. The molecule has 0 aliphatic heterocycles. The number of carbonyl (C=O) groups excluding carboxylic acids is 1. The van der Waals surface area contributed by atoms with E-state index >= 15 is 0 Å². The van der Waals surface area contributed by atoms with Crippen LogP contribution >= 0.6 is 0 Å². The molecule has 0 bridgehead atoms. The van der Waals surface area contributed by atoms with Gasteiger partial charge in [0, 0.05) is 11.8 Å². The molecule has 6 heteroatoms. The Hall–Kier alpha value is -2.21. The number of hydrogen-bond donors (Lipinski definition) is 1. The number of carbonyl (C=O) groups is 1. The zero-order chi connectivity index (χ0) is 19.4. The van der Waals surface area contributed by atoms with Crippen LogP contribution in [0.1, 0.15) is 53.2 Å². The Morgan fingerprint density at radius 3 is 2.44 bits per heavy atom. The van der Waals surface area contributed by atoms with Gasteiger partial charge in [-0.3, -0.25) is 4.79 Å². The van der Waals surface area contributed by atoms with Crippen LogP contribution in [0.4, 0.5) is 4.39 Å². The van der Waals surface area contributed by atoms with Crippen molar-refractivity contribution < 1.29 is 17.6 Å². The van der Waals surface area contributed by atoms with Crippen molar-refractivity contribution in [1.29, 1.82) is 0 Å². The van der Waals surface area contributed by atoms with Crippen LogP contribution in [0.25, 0.3) is 0 Å². The van der Waals surface area contributed by atoms with E-state index < -0.39 is 9.84 Å². The number of halogens is 1. The molecule has 27 heavy (non-hydrogen) atoms. The first-order chi connectivity index (χ1) is 12.8. The molecule has 0 heterocycles. The average Bonchev–Trinajstić information content (AvgIpc) is 3.13. The lowest BCUT2D eigenvalue weighted by Crippen LogP contribution is -2.32. The summed E-state index contributed by atoms with van der Waals surface area (Å²) in [5.74, 6) is -0.327. The maximum atomic E-state index is 13.3. The van der Waals surface area contributed by atoms with Gasteiger partial charge >= 0.3 is 0 Å². The van der Waals surface area contributed by atoms with Crippen LogP contribution in [-0.4, -0.2) is 20.6 Å². The average molecular weight is 389 g/mol. The van der Waals surface area contributed by atoms with Gasteiger partial charge in [0.2, 0.25) is 0 Å². The quantitative estimate of drug-likeness (QED) is 0.811. The highest BCUT2D eigenvalue weighted by molar-refractivity contribution is 7.89. The number of sulfone groups is 1. The van der Waals surface area contributed by atoms with Crippen LogP contribution in [0.5, 0.6) is 0 Å². The molecule has 0 radical (unpaired) electrons. The highest BCUT2D eigenvalue weighted by Crippen LogP contribution is 2.36. The third-order valence-corrected chi connectivity index (χ3v) is 5.86. The van der Waals surface area contributed by atoms with Crippen LogP contribution in [0.15, 0.2) is 48.5 Å². The lowest BCUT2D eigenvalue weighted by atomic mass is 9.91. The molecule has 0 saturated heterocycles. The minimum Gasteiger partial charge on any atom is -0.345 e. The highest BCUT2D eigenvalue weighted by atomic mass is 32.2. The number of amides is 1. The third kappa shape index (κ3) is 5.39. The van der Waals surface area contributed by atoms with Crippen LogP contribution in [0.2, 0.25) is 0 Å². The van der Waals surface area contributed by atoms with E-state index in [0.717, 1.165) is 31.2 Å². The smallest absolute Gasteiger partial charge is 0.251 e. The third-order valence-electron chi connectivity index (χ3n) is 5.00. The second-order valence-corrected chi connectivity index (χ2v) is 9.46. The molecule has 2 aromatic rings. The SMILES string of the molecule is CS(=O)(=O)Cc1cccc(C(=O)N[C@H](c2ccc(F)cc2)C2CCCC2)c1. The van der Waals surface area contributed by atoms with Crippen molar-refractivity contribution >= 4 is 15.7 Å². The largest absolute Gasteiger partial charge is 0.345 e. The molecule has 1 N–H and O–H groups in total. The zero-order valence-corrected chi connectivity index (χ0v) is 16.1. The number of benzene rings is 2. The maximum Gasteiger partial charge on any atom is 0.251 e. The summed E-state index contributed by atoms with van der Waals surface area (Å²) in [7, 11) is -3.17. The predicted octanol–water partition coefficient (Wildman–Crippen LogP) is 4.03. The zero-order valence-electron chi connectivity index (χ0n) is 15.3. The van der Waals surface area contributed by atoms with Crippen molar-refractivity contribution in [3.8, 4) is 0 Å². The van der Waals surface area contributed by atoms with Crippen molar-refractivity contribution in [2.45, 2.75) is 37.5 Å². The summed E-state index contributed by atoms with van der Waals surface area (Å²) >= 11 is 0. The molecule has 4 nitrogen and oxygen atoms in total. The van der Waals surface area contributed by atoms with E-state index in [1.165, 1.54) is 18.4 Å². The van der Waals surface area contributed by atoms with Crippen molar-refractivity contribution in [2.75, 3.05) is 6.26 Å². The van der Waals surface area contributed by atoms with Gasteiger partial charge in [-0.25, -0.2) is 12.8 Å². The second-order valence-electron chi connectivity index (χ2n) is 7.32. The molecule has 0 unspecified atom stereocenters. The summed E-state index contributed by atoms with van der Waals surface area (Å²) in [6, 6.07) is 12.8. The van der Waals surface area contributed by atoms with Gasteiger partial charge in [-0.05, 0) is 54.2 Å². The van der Waals surface area contributed by atoms with Crippen molar-refractivity contribution in [2.24, 2.45) is 5.92 Å². The Bertz CT molecular complexity index is 903. The molecule has 0 spiro atoms. The molecular weight excluding hydrogens is 365 g/mol. The van der Waals surface area contributed by atoms with E-state index in [2.05, 4.69) is 5.32 Å². The lowest BCUT2D eigenvalue weighted by Gasteiger charge is -2.25. The first-order valence-electron chi connectivity index (χ1n) is 9.15. The minimum atomic E-state index is -3.17. The van der Waals surface area contributed by atoms with Crippen LogP contribution < -0.4 is 5.32 Å². The number of rotatable bonds is 6. The molecule has 144 valence electrons. The Kier molecular flexibility index (Phi) is 5.95. The summed E-state index contributed by atoms with van der Waals surface area (Å²) in [5, 5.41) is 3.09. The van der Waals surface area contributed by atoms with Crippen LogP contribution in [-0.2, 0) is 15.6 Å². The Labute approximate surface area is 159 Å². The molecule has 1 amide bonds. The van der Waals surface area contributed by atoms with Crippen molar-refractivity contribution in [1.82, 2.24) is 5.32 Å². The first-order valence-corrected chi connectivity index (χ1v) is 11.2. The van der Waals surface area contributed by atoms with Gasteiger partial charge in [0.1, 0.15) is 5.82 Å². The summed E-state index contributed by atoms with van der Waals surface area (Å²) in [5.41, 5.74) is 1.91. The Morgan fingerprint density at radius 2 is 1.81 bits per heavy atom. The fourth-order valence-corrected chi connectivity index (χ4v) is 4.55. The van der Waals surface area contributed by atoms with Gasteiger partial charge in [-0.2, -0.15) is 0 Å². The minimum absolute atomic E-state index is 0.0991. The molecule has 1 aliphatic rings. The Morgan fingerprint density at radius 1 is 1.15 bits per heavy atom. The molecule has 0 aromatic heterocycles. The summed E-state index contributed by atoms with van der Waals surface area (Å²) < 4.78 is 36.3. The van der Waals surface area contributed by atoms with E-state index in [-0.39, 0.29) is 23.5 Å². The number of nitrogens with one attached hydrogen (secondary N) is 1. The molecule has 1 atom stereocenters. The van der Waals surface area contributed by atoms with Gasteiger partial charge in [0.25, 0.3) is 5.91 Å². The summed E-state index contributed by atoms with van der Waals surface area (Å²) in [6.07, 6.45) is 5.47. The van der Waals surface area contributed by atoms with E-state index in [1.54, 1.807) is 36.4 Å². The van der Waals surface area contributed by atoms with Gasteiger partial charge < -0.3 is 5.32 Å². The van der Waals surface area contributed by atoms with Crippen molar-refractivity contribution in [3.63, 3.8) is 0 Å². The van der Waals surface area contributed by atoms with Crippen LogP contribution in [0.3, 0.4) is 0 Å².